The predicted octanol–water partition coefficient (Wildman–Crippen LogP) is 17.2. The number of para-hydroxylation sites is 2. The van der Waals surface area contributed by atoms with Gasteiger partial charge in [0.25, 0.3) is 0 Å². The SMILES string of the molecule is CC(C)c1ccccc1-n1ccc(-c2ccc(C(=O)O)cc2)c1.Cc1cccc(-n2ccc(-c3cccc(C(=O)O)c3)c2)c1.Cc1ccccc1-n1ccc(-c2cccc(C(=O)O)c2)c1.O=C(O)c1cccc(-c2ccn(-c3ccc(F)cc3)c2)c1. The molecule has 12 rings (SSSR count). The van der Waals surface area contributed by atoms with Gasteiger partial charge in [0, 0.05) is 72.3 Å². The Bertz CT molecular complexity index is 4340. The molecule has 0 aliphatic rings. The van der Waals surface area contributed by atoms with Gasteiger partial charge in [0.15, 0.2) is 0 Å². The number of aryl methyl sites for hydroxylation is 2. The maximum absolute atomic E-state index is 12.9. The number of carbonyl (C=O) groups is 4. The lowest BCUT2D eigenvalue weighted by atomic mass is 10.0. The number of nitrogens with zero attached hydrogens (tertiary/aromatic N) is 4. The number of aromatic nitrogens is 4. The highest BCUT2D eigenvalue weighted by Gasteiger charge is 2.13. The maximum atomic E-state index is 12.9. The van der Waals surface area contributed by atoms with Gasteiger partial charge in [-0.25, -0.2) is 23.6 Å². The molecule has 0 radical (unpaired) electrons. The van der Waals surface area contributed by atoms with E-state index in [1.165, 1.54) is 34.5 Å². The average molecular weight is 1140 g/mol. The van der Waals surface area contributed by atoms with Crippen LogP contribution in [0.2, 0.25) is 0 Å². The first-order chi connectivity index (χ1) is 41.5. The van der Waals surface area contributed by atoms with E-state index in [1.807, 2.05) is 137 Å². The van der Waals surface area contributed by atoms with Crippen molar-refractivity contribution >= 4 is 23.9 Å². The molecule has 12 aromatic rings. The highest BCUT2D eigenvalue weighted by molar-refractivity contribution is 5.91. The summed E-state index contributed by atoms with van der Waals surface area (Å²) in [6.45, 7) is 8.51. The topological polar surface area (TPSA) is 169 Å². The molecule has 4 heterocycles. The van der Waals surface area contributed by atoms with Crippen LogP contribution in [0.25, 0.3) is 67.3 Å². The molecule has 13 heteroatoms. The van der Waals surface area contributed by atoms with E-state index >= 15 is 0 Å². The first-order valence-electron chi connectivity index (χ1n) is 27.5. The molecule has 12 nitrogen and oxygen atoms in total. The molecule has 0 aliphatic heterocycles. The van der Waals surface area contributed by atoms with Crippen LogP contribution in [0, 0.1) is 19.7 Å². The van der Waals surface area contributed by atoms with Crippen molar-refractivity contribution in [2.24, 2.45) is 0 Å². The minimum atomic E-state index is -0.949. The fourth-order valence-corrected chi connectivity index (χ4v) is 9.66. The Labute approximate surface area is 497 Å². The van der Waals surface area contributed by atoms with Gasteiger partial charge in [-0.15, -0.1) is 0 Å². The zero-order valence-corrected chi connectivity index (χ0v) is 47.6. The Hall–Kier alpha value is -11.3. The summed E-state index contributed by atoms with van der Waals surface area (Å²) in [6, 6.07) is 66.6. The highest BCUT2D eigenvalue weighted by atomic mass is 19.1. The third-order valence-corrected chi connectivity index (χ3v) is 14.2. The Morgan fingerprint density at radius 1 is 0.349 bits per heavy atom. The second kappa shape index (κ2) is 27.2. The van der Waals surface area contributed by atoms with Crippen LogP contribution in [0.4, 0.5) is 4.39 Å². The van der Waals surface area contributed by atoms with E-state index in [1.54, 1.807) is 78.9 Å². The zero-order valence-electron chi connectivity index (χ0n) is 47.6. The smallest absolute Gasteiger partial charge is 0.335 e. The molecule has 0 fully saturated rings. The van der Waals surface area contributed by atoms with Crippen molar-refractivity contribution in [1.29, 1.82) is 0 Å². The van der Waals surface area contributed by atoms with E-state index < -0.39 is 23.9 Å². The van der Waals surface area contributed by atoms with Crippen LogP contribution < -0.4 is 0 Å². The molecule has 8 aromatic carbocycles. The van der Waals surface area contributed by atoms with Crippen LogP contribution in [0.1, 0.15) is 77.9 Å². The number of hydrogen-bond acceptors (Lipinski definition) is 4. The van der Waals surface area contributed by atoms with E-state index in [-0.39, 0.29) is 11.4 Å². The molecule has 0 atom stereocenters. The van der Waals surface area contributed by atoms with E-state index in [9.17, 15) is 23.6 Å². The van der Waals surface area contributed by atoms with Crippen LogP contribution in [-0.4, -0.2) is 62.6 Å². The van der Waals surface area contributed by atoms with Crippen molar-refractivity contribution in [2.45, 2.75) is 33.6 Å². The van der Waals surface area contributed by atoms with Crippen LogP contribution in [0.3, 0.4) is 0 Å². The van der Waals surface area contributed by atoms with Gasteiger partial charge in [-0.05, 0) is 202 Å². The van der Waals surface area contributed by atoms with Gasteiger partial charge in [-0.2, -0.15) is 0 Å². The molecule has 0 amide bonds. The standard InChI is InChI=1S/C20H19NO2.2C18H15NO2.C17H12FNO2/c1-14(2)18-5-3-4-6-19(18)21-12-11-17(13-21)15-7-9-16(10-8-15)20(22)23;1-13-4-2-7-17(10-13)19-9-8-16(12-19)14-5-3-6-15(11-14)18(20)21;1-13-5-2-3-8-17(13)19-10-9-16(12-19)14-6-4-7-15(11-14)18(20)21;18-15-4-6-16(7-5-15)19-9-8-14(11-19)12-2-1-3-13(10-12)17(20)21/h3-14H,1-2H3,(H,22,23);2*2-12H,1H3,(H,20,21);1-11H,(H,20,21). The molecule has 428 valence electrons. The van der Waals surface area contributed by atoms with Crippen molar-refractivity contribution in [1.82, 2.24) is 18.3 Å². The normalized spacial score (nSPS) is 10.6. The number of hydrogen-bond donors (Lipinski definition) is 4. The third-order valence-electron chi connectivity index (χ3n) is 14.2. The summed E-state index contributed by atoms with van der Waals surface area (Å²) < 4.78 is 21.0. The lowest BCUT2D eigenvalue weighted by Crippen LogP contribution is -1.98. The number of aromatic carboxylic acids is 4. The summed E-state index contributed by atoms with van der Waals surface area (Å²) in [7, 11) is 0. The first kappa shape index (κ1) is 59.3. The lowest BCUT2D eigenvalue weighted by molar-refractivity contribution is 0.0686. The molecule has 0 unspecified atom stereocenters. The largest absolute Gasteiger partial charge is 0.478 e. The van der Waals surface area contributed by atoms with Crippen molar-refractivity contribution in [3.63, 3.8) is 0 Å². The fraction of sp³-hybridized carbons (Fsp3) is 0.0685. The van der Waals surface area contributed by atoms with Crippen molar-refractivity contribution in [2.75, 3.05) is 0 Å². The number of benzene rings is 8. The molecule has 0 saturated heterocycles. The Kier molecular flexibility index (Phi) is 18.7. The van der Waals surface area contributed by atoms with E-state index in [0.29, 0.717) is 22.6 Å². The van der Waals surface area contributed by atoms with E-state index in [4.69, 9.17) is 20.4 Å². The molecular weight excluding hydrogens is 1080 g/mol. The van der Waals surface area contributed by atoms with E-state index in [0.717, 1.165) is 61.6 Å². The van der Waals surface area contributed by atoms with Crippen LogP contribution in [-0.2, 0) is 0 Å². The van der Waals surface area contributed by atoms with Gasteiger partial charge in [0.05, 0.1) is 22.3 Å². The van der Waals surface area contributed by atoms with Gasteiger partial charge >= 0.3 is 23.9 Å². The average Bonchev–Trinajstić information content (AvgIpc) is 4.60. The first-order valence-corrected chi connectivity index (χ1v) is 27.5. The van der Waals surface area contributed by atoms with Crippen molar-refractivity contribution < 1.29 is 44.0 Å². The van der Waals surface area contributed by atoms with Gasteiger partial charge < -0.3 is 38.7 Å². The molecule has 4 N–H and O–H groups in total. The minimum Gasteiger partial charge on any atom is -0.478 e. The van der Waals surface area contributed by atoms with Crippen molar-refractivity contribution in [3.05, 3.63) is 313 Å². The van der Waals surface area contributed by atoms with Gasteiger partial charge in [-0.3, -0.25) is 0 Å². The number of carboxylic acid groups (broad SMARTS) is 4. The molecule has 4 aromatic heterocycles. The molecular formula is C73H61FN4O8. The Balaban J connectivity index is 0.000000137. The van der Waals surface area contributed by atoms with Gasteiger partial charge in [0.1, 0.15) is 5.82 Å². The lowest BCUT2D eigenvalue weighted by Gasteiger charge is -2.13. The number of rotatable bonds is 13. The van der Waals surface area contributed by atoms with Crippen LogP contribution in [0.15, 0.2) is 268 Å². The monoisotopic (exact) mass is 1140 g/mol. The Morgan fingerprint density at radius 3 is 1.22 bits per heavy atom. The molecule has 0 aliphatic carbocycles. The summed E-state index contributed by atoms with van der Waals surface area (Å²) in [6.07, 6.45) is 15.9. The third kappa shape index (κ3) is 14.8. The fourth-order valence-electron chi connectivity index (χ4n) is 9.66. The quantitative estimate of drug-likeness (QED) is 0.0884. The molecule has 0 saturated carbocycles. The molecule has 0 spiro atoms. The van der Waals surface area contributed by atoms with Crippen molar-refractivity contribution in [3.8, 4) is 67.3 Å². The number of halogens is 1. The van der Waals surface area contributed by atoms with E-state index in [2.05, 4.69) is 85.5 Å². The minimum absolute atomic E-state index is 0.252. The summed E-state index contributed by atoms with van der Waals surface area (Å²) in [5, 5.41) is 36.1. The summed E-state index contributed by atoms with van der Waals surface area (Å²) in [4.78, 5) is 44.0. The van der Waals surface area contributed by atoms with Gasteiger partial charge in [0.2, 0.25) is 0 Å². The number of carboxylic acids is 4. The predicted molar refractivity (Wildman–Crippen MR) is 336 cm³/mol. The summed E-state index contributed by atoms with van der Waals surface area (Å²) in [5.41, 5.74) is 16.7. The zero-order chi connectivity index (χ0) is 60.9. The van der Waals surface area contributed by atoms with Crippen LogP contribution in [0.5, 0.6) is 0 Å². The molecule has 0 bridgehead atoms. The summed E-state index contributed by atoms with van der Waals surface area (Å²) in [5.74, 6) is -3.49. The second-order valence-electron chi connectivity index (χ2n) is 20.6. The highest BCUT2D eigenvalue weighted by Crippen LogP contribution is 2.29. The van der Waals surface area contributed by atoms with Crippen LogP contribution >= 0.6 is 0 Å². The second-order valence-corrected chi connectivity index (χ2v) is 20.6. The Morgan fingerprint density at radius 2 is 0.756 bits per heavy atom. The molecule has 86 heavy (non-hydrogen) atoms. The summed E-state index contributed by atoms with van der Waals surface area (Å²) >= 11 is 0. The maximum Gasteiger partial charge on any atom is 0.335 e. The van der Waals surface area contributed by atoms with Gasteiger partial charge in [-0.1, -0.05) is 111 Å².